The molecule has 2 aromatic rings. The zero-order valence-corrected chi connectivity index (χ0v) is 21.1. The first kappa shape index (κ1) is 26.6. The standard InChI is InChI=1S/C22H31N3O6S2/c1-6-21(25(32(5,27)28)18-9-7-8-17(2)16-18)22(26)23-14-15-31-19-10-12-20(13-11-19)33(29,30)24(3)4/h7-13,16,21H,6,14-15H2,1-5H3,(H,23,26). The summed E-state index contributed by atoms with van der Waals surface area (Å²) in [6.45, 7) is 3.88. The number of amides is 1. The summed E-state index contributed by atoms with van der Waals surface area (Å²) in [7, 11) is -4.31. The van der Waals surface area contributed by atoms with E-state index < -0.39 is 32.0 Å². The minimum atomic E-state index is -3.70. The lowest BCUT2D eigenvalue weighted by Crippen LogP contribution is -2.50. The number of rotatable bonds is 11. The molecule has 2 rings (SSSR count). The maximum Gasteiger partial charge on any atom is 0.244 e. The minimum Gasteiger partial charge on any atom is -0.492 e. The molecule has 11 heteroatoms. The van der Waals surface area contributed by atoms with Crippen LogP contribution in [0.15, 0.2) is 53.4 Å². The zero-order valence-electron chi connectivity index (χ0n) is 19.5. The third kappa shape index (κ3) is 6.92. The van der Waals surface area contributed by atoms with Crippen LogP contribution in [-0.2, 0) is 24.8 Å². The lowest BCUT2D eigenvalue weighted by molar-refractivity contribution is -0.122. The Morgan fingerprint density at radius 3 is 2.21 bits per heavy atom. The molecule has 1 amide bonds. The van der Waals surface area contributed by atoms with Gasteiger partial charge in [0.05, 0.1) is 23.4 Å². The quantitative estimate of drug-likeness (QED) is 0.475. The first-order chi connectivity index (χ1) is 15.4. The van der Waals surface area contributed by atoms with Crippen molar-refractivity contribution < 1.29 is 26.4 Å². The molecule has 0 spiro atoms. The number of hydrogen-bond donors (Lipinski definition) is 1. The van der Waals surface area contributed by atoms with Crippen molar-refractivity contribution in [3.05, 3.63) is 54.1 Å². The molecule has 33 heavy (non-hydrogen) atoms. The van der Waals surface area contributed by atoms with Crippen LogP contribution >= 0.6 is 0 Å². The van der Waals surface area contributed by atoms with Crippen molar-refractivity contribution in [3.63, 3.8) is 0 Å². The Morgan fingerprint density at radius 2 is 1.70 bits per heavy atom. The summed E-state index contributed by atoms with van der Waals surface area (Å²) in [5.74, 6) is 0.0203. The number of benzene rings is 2. The van der Waals surface area contributed by atoms with Gasteiger partial charge in [-0.25, -0.2) is 21.1 Å². The summed E-state index contributed by atoms with van der Waals surface area (Å²) in [4.78, 5) is 13.0. The number of ether oxygens (including phenoxy) is 1. The largest absolute Gasteiger partial charge is 0.492 e. The Balaban J connectivity index is 2.01. The predicted octanol–water partition coefficient (Wildman–Crippen LogP) is 1.99. The van der Waals surface area contributed by atoms with Crippen LogP contribution < -0.4 is 14.4 Å². The van der Waals surface area contributed by atoms with Crippen LogP contribution in [0.5, 0.6) is 5.75 Å². The number of aryl methyl sites for hydroxylation is 1. The summed E-state index contributed by atoms with van der Waals surface area (Å²) in [6.07, 6.45) is 1.37. The van der Waals surface area contributed by atoms with Crippen LogP contribution in [0.2, 0.25) is 0 Å². The van der Waals surface area contributed by atoms with Crippen molar-refractivity contribution in [1.82, 2.24) is 9.62 Å². The van der Waals surface area contributed by atoms with Gasteiger partial charge < -0.3 is 10.1 Å². The van der Waals surface area contributed by atoms with E-state index in [9.17, 15) is 21.6 Å². The van der Waals surface area contributed by atoms with Gasteiger partial charge in [-0.3, -0.25) is 9.10 Å². The van der Waals surface area contributed by atoms with Crippen molar-refractivity contribution in [2.24, 2.45) is 0 Å². The lowest BCUT2D eigenvalue weighted by Gasteiger charge is -2.30. The molecular weight excluding hydrogens is 466 g/mol. The Bertz CT molecular complexity index is 1160. The van der Waals surface area contributed by atoms with Gasteiger partial charge >= 0.3 is 0 Å². The molecule has 0 aliphatic heterocycles. The van der Waals surface area contributed by atoms with Crippen molar-refractivity contribution in [2.75, 3.05) is 37.8 Å². The van der Waals surface area contributed by atoms with E-state index in [1.165, 1.54) is 38.4 Å². The van der Waals surface area contributed by atoms with E-state index >= 15 is 0 Å². The second kappa shape index (κ2) is 11.0. The van der Waals surface area contributed by atoms with Crippen LogP contribution in [0.1, 0.15) is 18.9 Å². The number of carbonyl (C=O) groups excluding carboxylic acids is 1. The highest BCUT2D eigenvalue weighted by Crippen LogP contribution is 2.23. The molecule has 0 bridgehead atoms. The fourth-order valence-electron chi connectivity index (χ4n) is 3.20. The second-order valence-electron chi connectivity index (χ2n) is 7.72. The van der Waals surface area contributed by atoms with Crippen LogP contribution in [0.25, 0.3) is 0 Å². The van der Waals surface area contributed by atoms with Crippen molar-refractivity contribution in [2.45, 2.75) is 31.2 Å². The second-order valence-corrected chi connectivity index (χ2v) is 11.7. The summed E-state index contributed by atoms with van der Waals surface area (Å²) >= 11 is 0. The Morgan fingerprint density at radius 1 is 1.06 bits per heavy atom. The molecule has 0 aliphatic carbocycles. The summed E-state index contributed by atoms with van der Waals surface area (Å²) in [6, 6.07) is 12.0. The fraction of sp³-hybridized carbons (Fsp3) is 0.409. The Labute approximate surface area is 196 Å². The molecule has 1 unspecified atom stereocenters. The smallest absolute Gasteiger partial charge is 0.244 e. The topological polar surface area (TPSA) is 113 Å². The average molecular weight is 498 g/mol. The summed E-state index contributed by atoms with van der Waals surface area (Å²) < 4.78 is 57.0. The van der Waals surface area contributed by atoms with E-state index in [1.54, 1.807) is 25.1 Å². The zero-order chi connectivity index (χ0) is 24.8. The van der Waals surface area contributed by atoms with Crippen LogP contribution in [-0.4, -0.2) is 66.6 Å². The van der Waals surface area contributed by atoms with Crippen LogP contribution in [0.3, 0.4) is 0 Å². The number of nitrogens with zero attached hydrogens (tertiary/aromatic N) is 2. The molecule has 0 heterocycles. The molecule has 0 radical (unpaired) electrons. The van der Waals surface area contributed by atoms with Gasteiger partial charge in [0.15, 0.2) is 0 Å². The molecule has 0 saturated heterocycles. The molecule has 1 atom stereocenters. The molecule has 0 fully saturated rings. The highest BCUT2D eigenvalue weighted by atomic mass is 32.2. The van der Waals surface area contributed by atoms with E-state index in [1.807, 2.05) is 13.0 Å². The molecule has 0 aliphatic rings. The van der Waals surface area contributed by atoms with Gasteiger partial charge in [0.2, 0.25) is 26.0 Å². The molecule has 2 aromatic carbocycles. The van der Waals surface area contributed by atoms with Crippen molar-refractivity contribution >= 4 is 31.6 Å². The van der Waals surface area contributed by atoms with Gasteiger partial charge in [-0.05, 0) is 55.3 Å². The highest BCUT2D eigenvalue weighted by molar-refractivity contribution is 7.92. The van der Waals surface area contributed by atoms with Crippen molar-refractivity contribution in [3.8, 4) is 5.75 Å². The van der Waals surface area contributed by atoms with Crippen LogP contribution in [0.4, 0.5) is 5.69 Å². The highest BCUT2D eigenvalue weighted by Gasteiger charge is 2.31. The van der Waals surface area contributed by atoms with Crippen LogP contribution in [0, 0.1) is 6.92 Å². The number of anilines is 1. The van der Waals surface area contributed by atoms with E-state index in [-0.39, 0.29) is 24.5 Å². The van der Waals surface area contributed by atoms with Gasteiger partial charge in [-0.1, -0.05) is 19.1 Å². The minimum absolute atomic E-state index is 0.130. The fourth-order valence-corrected chi connectivity index (χ4v) is 5.31. The maximum atomic E-state index is 12.8. The van der Waals surface area contributed by atoms with Gasteiger partial charge in [0.25, 0.3) is 0 Å². The molecule has 0 saturated carbocycles. The predicted molar refractivity (Wildman–Crippen MR) is 128 cm³/mol. The summed E-state index contributed by atoms with van der Waals surface area (Å²) in [5, 5.41) is 2.72. The molecular formula is C22H31N3O6S2. The lowest BCUT2D eigenvalue weighted by atomic mass is 10.1. The van der Waals surface area contributed by atoms with E-state index in [0.717, 1.165) is 20.4 Å². The van der Waals surface area contributed by atoms with Gasteiger partial charge in [-0.2, -0.15) is 0 Å². The first-order valence-electron chi connectivity index (χ1n) is 10.4. The number of carbonyl (C=O) groups is 1. The Kier molecular flexibility index (Phi) is 8.87. The van der Waals surface area contributed by atoms with E-state index in [0.29, 0.717) is 11.4 Å². The van der Waals surface area contributed by atoms with Gasteiger partial charge in [0, 0.05) is 14.1 Å². The van der Waals surface area contributed by atoms with E-state index in [2.05, 4.69) is 5.32 Å². The monoisotopic (exact) mass is 497 g/mol. The average Bonchev–Trinajstić information content (AvgIpc) is 2.74. The molecule has 0 aromatic heterocycles. The molecule has 9 nitrogen and oxygen atoms in total. The third-order valence-corrected chi connectivity index (χ3v) is 7.87. The maximum absolute atomic E-state index is 12.8. The molecule has 1 N–H and O–H groups in total. The normalized spacial score (nSPS) is 12.9. The third-order valence-electron chi connectivity index (χ3n) is 4.86. The Hall–Kier alpha value is -2.63. The number of nitrogens with one attached hydrogen (secondary N) is 1. The van der Waals surface area contributed by atoms with Gasteiger partial charge in [0.1, 0.15) is 18.4 Å². The SMILES string of the molecule is CCC(C(=O)NCCOc1ccc(S(=O)(=O)N(C)C)cc1)N(c1cccc(C)c1)S(C)(=O)=O. The first-order valence-corrected chi connectivity index (χ1v) is 13.7. The van der Waals surface area contributed by atoms with Gasteiger partial charge in [-0.15, -0.1) is 0 Å². The van der Waals surface area contributed by atoms with E-state index in [4.69, 9.17) is 4.74 Å². The van der Waals surface area contributed by atoms with Crippen molar-refractivity contribution in [1.29, 1.82) is 0 Å². The molecule has 182 valence electrons. The summed E-state index contributed by atoms with van der Waals surface area (Å²) in [5.41, 5.74) is 1.32. The number of sulfonamides is 2. The number of hydrogen-bond acceptors (Lipinski definition) is 6.